The van der Waals surface area contributed by atoms with E-state index in [9.17, 15) is 18.0 Å². The van der Waals surface area contributed by atoms with Crippen LogP contribution in [0.4, 0.5) is 0 Å². The molecule has 1 N–H and O–H groups in total. The first-order valence-electron chi connectivity index (χ1n) is 11.8. The number of sulfonamides is 1. The molecular formula is C27H32ClN3O4S. The molecule has 0 heterocycles. The molecule has 7 nitrogen and oxygen atoms in total. The van der Waals surface area contributed by atoms with Gasteiger partial charge in [-0.3, -0.25) is 9.59 Å². The van der Waals surface area contributed by atoms with Gasteiger partial charge in [0.05, 0.1) is 11.4 Å². The van der Waals surface area contributed by atoms with Gasteiger partial charge in [0, 0.05) is 24.7 Å². The summed E-state index contributed by atoms with van der Waals surface area (Å²) in [6.07, 6.45) is 0.746. The predicted molar refractivity (Wildman–Crippen MR) is 143 cm³/mol. The van der Waals surface area contributed by atoms with Gasteiger partial charge in [0.15, 0.2) is 0 Å². The van der Waals surface area contributed by atoms with Crippen LogP contribution in [0.15, 0.2) is 71.6 Å². The van der Waals surface area contributed by atoms with E-state index in [-0.39, 0.29) is 23.4 Å². The van der Waals surface area contributed by atoms with Crippen molar-refractivity contribution in [1.82, 2.24) is 14.5 Å². The lowest BCUT2D eigenvalue weighted by molar-refractivity contribution is -0.140. The Hall–Kier alpha value is -2.94. The molecule has 0 bridgehead atoms. The minimum absolute atomic E-state index is 0.0524. The molecule has 2 atom stereocenters. The summed E-state index contributed by atoms with van der Waals surface area (Å²) in [6.45, 7) is 5.21. The number of fused-ring (bicyclic) bond motifs is 1. The fourth-order valence-electron chi connectivity index (χ4n) is 3.71. The Morgan fingerprint density at radius 2 is 1.61 bits per heavy atom. The highest BCUT2D eigenvalue weighted by atomic mass is 35.5. The SMILES string of the molecule is CC[C@@H](C)NC(=O)[C@H](C)N(Cc1ccc(Cl)cc1)C(=O)CN(C)S(=O)(=O)c1ccc2ccccc2c1. The maximum atomic E-state index is 13.4. The molecule has 0 spiro atoms. The highest BCUT2D eigenvalue weighted by Crippen LogP contribution is 2.22. The largest absolute Gasteiger partial charge is 0.352 e. The molecule has 0 aliphatic carbocycles. The summed E-state index contributed by atoms with van der Waals surface area (Å²) in [5.41, 5.74) is 0.774. The van der Waals surface area contributed by atoms with Crippen LogP contribution in [0.3, 0.4) is 0 Å². The normalized spacial score (nSPS) is 13.4. The van der Waals surface area contributed by atoms with Gasteiger partial charge in [-0.05, 0) is 60.9 Å². The van der Waals surface area contributed by atoms with Crippen LogP contribution in [-0.4, -0.2) is 55.1 Å². The number of likely N-dealkylation sites (N-methyl/N-ethyl adjacent to an activating group) is 1. The molecule has 3 rings (SSSR count). The van der Waals surface area contributed by atoms with E-state index in [2.05, 4.69) is 5.32 Å². The lowest BCUT2D eigenvalue weighted by Crippen LogP contribution is -2.51. The second kappa shape index (κ2) is 11.9. The zero-order chi connectivity index (χ0) is 26.5. The third-order valence-corrected chi connectivity index (χ3v) is 8.27. The molecule has 2 amide bonds. The Morgan fingerprint density at radius 1 is 0.972 bits per heavy atom. The molecule has 0 aliphatic heterocycles. The number of nitrogens with one attached hydrogen (secondary N) is 1. The van der Waals surface area contributed by atoms with Crippen LogP contribution >= 0.6 is 11.6 Å². The van der Waals surface area contributed by atoms with Crippen LogP contribution < -0.4 is 5.32 Å². The molecule has 9 heteroatoms. The fraction of sp³-hybridized carbons (Fsp3) is 0.333. The maximum Gasteiger partial charge on any atom is 0.243 e. The number of amides is 2. The Kier molecular flexibility index (Phi) is 9.11. The molecule has 3 aromatic carbocycles. The van der Waals surface area contributed by atoms with Crippen LogP contribution in [0.25, 0.3) is 10.8 Å². The van der Waals surface area contributed by atoms with Gasteiger partial charge in [-0.1, -0.05) is 61.0 Å². The Balaban J connectivity index is 1.84. The molecule has 36 heavy (non-hydrogen) atoms. The molecule has 0 aliphatic rings. The monoisotopic (exact) mass is 529 g/mol. The van der Waals surface area contributed by atoms with Crippen molar-refractivity contribution in [2.75, 3.05) is 13.6 Å². The highest BCUT2D eigenvalue weighted by molar-refractivity contribution is 7.89. The smallest absolute Gasteiger partial charge is 0.243 e. The van der Waals surface area contributed by atoms with E-state index in [4.69, 9.17) is 11.6 Å². The van der Waals surface area contributed by atoms with Crippen molar-refractivity contribution in [2.45, 2.75) is 50.7 Å². The number of benzene rings is 3. The second-order valence-corrected chi connectivity index (χ2v) is 11.4. The van der Waals surface area contributed by atoms with Crippen molar-refractivity contribution >= 4 is 44.2 Å². The van der Waals surface area contributed by atoms with E-state index in [1.807, 2.05) is 38.1 Å². The van der Waals surface area contributed by atoms with Gasteiger partial charge in [-0.25, -0.2) is 8.42 Å². The molecule has 0 unspecified atom stereocenters. The van der Waals surface area contributed by atoms with Crippen molar-refractivity contribution in [2.24, 2.45) is 0 Å². The van der Waals surface area contributed by atoms with Crippen molar-refractivity contribution in [3.05, 3.63) is 77.3 Å². The molecule has 0 saturated carbocycles. The predicted octanol–water partition coefficient (Wildman–Crippen LogP) is 4.45. The van der Waals surface area contributed by atoms with Gasteiger partial charge >= 0.3 is 0 Å². The average Bonchev–Trinajstić information content (AvgIpc) is 2.87. The molecule has 0 fully saturated rings. The van der Waals surface area contributed by atoms with Crippen molar-refractivity contribution in [3.63, 3.8) is 0 Å². The molecule has 3 aromatic rings. The summed E-state index contributed by atoms with van der Waals surface area (Å²) in [5.74, 6) is -0.782. The van der Waals surface area contributed by atoms with Gasteiger partial charge in [-0.2, -0.15) is 4.31 Å². The van der Waals surface area contributed by atoms with Crippen LogP contribution in [0.1, 0.15) is 32.8 Å². The summed E-state index contributed by atoms with van der Waals surface area (Å²) in [7, 11) is -2.57. The number of hydrogen-bond donors (Lipinski definition) is 1. The zero-order valence-electron chi connectivity index (χ0n) is 20.9. The van der Waals surface area contributed by atoms with Crippen molar-refractivity contribution < 1.29 is 18.0 Å². The quantitative estimate of drug-likeness (QED) is 0.420. The topological polar surface area (TPSA) is 86.8 Å². The number of halogens is 1. The number of nitrogens with zero attached hydrogens (tertiary/aromatic N) is 2. The standard InChI is InChI=1S/C27H32ClN3O4S/c1-5-19(2)29-27(33)20(3)31(17-21-10-13-24(28)14-11-21)26(32)18-30(4)36(34,35)25-15-12-22-8-6-7-9-23(22)16-25/h6-16,19-20H,5,17-18H2,1-4H3,(H,29,33)/t19-,20+/m1/s1. The van der Waals surface area contributed by atoms with Gasteiger partial charge in [-0.15, -0.1) is 0 Å². The van der Waals surface area contributed by atoms with E-state index in [1.165, 1.54) is 18.0 Å². The van der Waals surface area contributed by atoms with Crippen molar-refractivity contribution in [1.29, 1.82) is 0 Å². The van der Waals surface area contributed by atoms with E-state index in [1.54, 1.807) is 43.3 Å². The number of carbonyl (C=O) groups is 2. The fourth-order valence-corrected chi connectivity index (χ4v) is 4.99. The Labute approximate surface area is 218 Å². The van der Waals surface area contributed by atoms with Crippen LogP contribution in [0.5, 0.6) is 0 Å². The molecule has 0 radical (unpaired) electrons. The minimum Gasteiger partial charge on any atom is -0.352 e. The molecule has 0 saturated heterocycles. The number of rotatable bonds is 10. The van der Waals surface area contributed by atoms with Gasteiger partial charge < -0.3 is 10.2 Å². The average molecular weight is 530 g/mol. The third-order valence-electron chi connectivity index (χ3n) is 6.22. The van der Waals surface area contributed by atoms with Crippen LogP contribution in [-0.2, 0) is 26.2 Å². The third kappa shape index (κ3) is 6.63. The van der Waals surface area contributed by atoms with E-state index < -0.39 is 28.5 Å². The van der Waals surface area contributed by atoms with Crippen molar-refractivity contribution in [3.8, 4) is 0 Å². The summed E-state index contributed by atoms with van der Waals surface area (Å²) in [5, 5.41) is 5.17. The van der Waals surface area contributed by atoms with Gasteiger partial charge in [0.25, 0.3) is 0 Å². The second-order valence-electron chi connectivity index (χ2n) is 8.91. The first kappa shape index (κ1) is 27.6. The lowest BCUT2D eigenvalue weighted by atomic mass is 10.1. The first-order chi connectivity index (χ1) is 17.0. The summed E-state index contributed by atoms with van der Waals surface area (Å²) >= 11 is 5.99. The maximum absolute atomic E-state index is 13.4. The lowest BCUT2D eigenvalue weighted by Gasteiger charge is -2.31. The highest BCUT2D eigenvalue weighted by Gasteiger charge is 2.30. The summed E-state index contributed by atoms with van der Waals surface area (Å²) in [6, 6.07) is 18.4. The zero-order valence-corrected chi connectivity index (χ0v) is 22.5. The summed E-state index contributed by atoms with van der Waals surface area (Å²) in [4.78, 5) is 27.8. The number of carbonyl (C=O) groups excluding carboxylic acids is 2. The van der Waals surface area contributed by atoms with E-state index >= 15 is 0 Å². The molecule has 0 aromatic heterocycles. The van der Waals surface area contributed by atoms with E-state index in [0.29, 0.717) is 5.02 Å². The minimum atomic E-state index is -3.94. The van der Waals surface area contributed by atoms with E-state index in [0.717, 1.165) is 27.1 Å². The molecular weight excluding hydrogens is 498 g/mol. The first-order valence-corrected chi connectivity index (χ1v) is 13.6. The Bertz CT molecular complexity index is 1330. The molecule has 192 valence electrons. The van der Waals surface area contributed by atoms with Gasteiger partial charge in [0.1, 0.15) is 6.04 Å². The van der Waals surface area contributed by atoms with Crippen LogP contribution in [0.2, 0.25) is 5.02 Å². The number of hydrogen-bond acceptors (Lipinski definition) is 4. The van der Waals surface area contributed by atoms with Gasteiger partial charge in [0.2, 0.25) is 21.8 Å². The Morgan fingerprint density at radius 3 is 2.25 bits per heavy atom. The van der Waals surface area contributed by atoms with Crippen LogP contribution in [0, 0.1) is 0 Å². The summed E-state index contributed by atoms with van der Waals surface area (Å²) < 4.78 is 27.6.